The summed E-state index contributed by atoms with van der Waals surface area (Å²) in [5.41, 5.74) is 2.30. The number of amides is 2. The van der Waals surface area contributed by atoms with Gasteiger partial charge in [0.05, 0.1) is 17.4 Å². The topological polar surface area (TPSA) is 70.1 Å². The summed E-state index contributed by atoms with van der Waals surface area (Å²) in [5.74, 6) is -1.61. The number of rotatable bonds is 3. The van der Waals surface area contributed by atoms with Crippen LogP contribution in [0.15, 0.2) is 72.8 Å². The van der Waals surface area contributed by atoms with Crippen molar-refractivity contribution in [2.75, 3.05) is 9.96 Å². The first-order valence-electron chi connectivity index (χ1n) is 9.91. The fourth-order valence-electron chi connectivity index (χ4n) is 4.34. The highest BCUT2D eigenvalue weighted by molar-refractivity contribution is 6.32. The van der Waals surface area contributed by atoms with Gasteiger partial charge in [0.1, 0.15) is 11.7 Å². The van der Waals surface area contributed by atoms with Gasteiger partial charge in [0.25, 0.3) is 5.91 Å². The lowest BCUT2D eigenvalue weighted by molar-refractivity contribution is -0.126. The Labute approximate surface area is 184 Å². The number of hydroxylamine groups is 1. The third-order valence-electron chi connectivity index (χ3n) is 5.86. The molecule has 0 aliphatic carbocycles. The molecule has 6 nitrogen and oxygen atoms in total. The monoisotopic (exact) mass is 434 g/mol. The molecule has 0 spiro atoms. The van der Waals surface area contributed by atoms with Gasteiger partial charge in [-0.25, -0.2) is 9.96 Å². The van der Waals surface area contributed by atoms with Crippen molar-refractivity contribution < 1.29 is 19.5 Å². The van der Waals surface area contributed by atoms with Crippen LogP contribution in [0.1, 0.15) is 17.2 Å². The smallest absolute Gasteiger partial charge is 0.266 e. The van der Waals surface area contributed by atoms with Crippen molar-refractivity contribution in [1.82, 2.24) is 0 Å². The number of anilines is 2. The summed E-state index contributed by atoms with van der Waals surface area (Å²) in [6.07, 6.45) is -1.00. The summed E-state index contributed by atoms with van der Waals surface area (Å²) in [5, 5.41) is 12.6. The minimum absolute atomic E-state index is 0.0373. The molecule has 0 bridgehead atoms. The van der Waals surface area contributed by atoms with Gasteiger partial charge >= 0.3 is 0 Å². The second kappa shape index (κ2) is 7.41. The minimum Gasteiger partial charge on any atom is -0.508 e. The number of benzene rings is 3. The minimum atomic E-state index is -1.00. The van der Waals surface area contributed by atoms with E-state index in [1.165, 1.54) is 0 Å². The zero-order chi connectivity index (χ0) is 21.7. The second-order valence-corrected chi connectivity index (χ2v) is 8.02. The van der Waals surface area contributed by atoms with Crippen molar-refractivity contribution in [3.05, 3.63) is 88.9 Å². The first-order chi connectivity index (χ1) is 15.0. The molecule has 156 valence electrons. The van der Waals surface area contributed by atoms with Gasteiger partial charge in [-0.3, -0.25) is 14.4 Å². The zero-order valence-electron chi connectivity index (χ0n) is 16.6. The van der Waals surface area contributed by atoms with Crippen LogP contribution in [0.3, 0.4) is 0 Å². The van der Waals surface area contributed by atoms with E-state index in [0.29, 0.717) is 27.5 Å². The van der Waals surface area contributed by atoms with E-state index in [-0.39, 0.29) is 11.7 Å². The zero-order valence-corrected chi connectivity index (χ0v) is 17.4. The van der Waals surface area contributed by atoms with Crippen LogP contribution < -0.4 is 9.96 Å². The normalized spacial score (nSPS) is 22.8. The highest BCUT2D eigenvalue weighted by Crippen LogP contribution is 2.49. The summed E-state index contributed by atoms with van der Waals surface area (Å²) in [6.45, 7) is 1.77. The fraction of sp³-hybridized carbons (Fsp3) is 0.167. The number of carbonyl (C=O) groups excluding carboxylic acids is 2. The molecule has 1 N–H and O–H groups in total. The number of phenolic OH excluding ortho intramolecular Hbond substituents is 1. The van der Waals surface area contributed by atoms with E-state index < -0.39 is 24.0 Å². The van der Waals surface area contributed by atoms with Crippen molar-refractivity contribution in [3.63, 3.8) is 0 Å². The largest absolute Gasteiger partial charge is 0.508 e. The van der Waals surface area contributed by atoms with Crippen LogP contribution in [0, 0.1) is 12.8 Å². The van der Waals surface area contributed by atoms with Gasteiger partial charge in [-0.15, -0.1) is 0 Å². The van der Waals surface area contributed by atoms with Gasteiger partial charge in [0.2, 0.25) is 5.91 Å². The van der Waals surface area contributed by atoms with Crippen molar-refractivity contribution >= 4 is 34.8 Å². The van der Waals surface area contributed by atoms with E-state index in [1.54, 1.807) is 54.5 Å². The maximum Gasteiger partial charge on any atom is 0.266 e. The van der Waals surface area contributed by atoms with Gasteiger partial charge < -0.3 is 5.11 Å². The molecule has 3 aromatic rings. The fourth-order valence-corrected chi connectivity index (χ4v) is 4.51. The number of aromatic hydroxyl groups is 1. The molecule has 0 aromatic heterocycles. The average Bonchev–Trinajstić information content (AvgIpc) is 3.28. The van der Waals surface area contributed by atoms with Crippen LogP contribution in [0.2, 0.25) is 5.02 Å². The number of halogens is 1. The number of fused-ring (bicyclic) bond motifs is 1. The molecule has 3 aromatic carbocycles. The lowest BCUT2D eigenvalue weighted by Gasteiger charge is -2.29. The number of nitrogens with zero attached hydrogens (tertiary/aromatic N) is 2. The molecular weight excluding hydrogens is 416 g/mol. The third kappa shape index (κ3) is 2.99. The van der Waals surface area contributed by atoms with Gasteiger partial charge in [-0.05, 0) is 42.8 Å². The Morgan fingerprint density at radius 1 is 0.903 bits per heavy atom. The van der Waals surface area contributed by atoms with Crippen molar-refractivity contribution in [2.45, 2.75) is 19.1 Å². The maximum atomic E-state index is 13.6. The third-order valence-corrected chi connectivity index (χ3v) is 6.27. The number of imide groups is 1. The predicted molar refractivity (Wildman–Crippen MR) is 117 cm³/mol. The molecular formula is C24H19ClN2O4. The highest BCUT2D eigenvalue weighted by atomic mass is 35.5. The van der Waals surface area contributed by atoms with Crippen LogP contribution in [0.25, 0.3) is 0 Å². The quantitative estimate of drug-likeness (QED) is 0.618. The lowest BCUT2D eigenvalue weighted by atomic mass is 9.90. The van der Waals surface area contributed by atoms with Gasteiger partial charge in [0, 0.05) is 10.6 Å². The molecule has 31 heavy (non-hydrogen) atoms. The van der Waals surface area contributed by atoms with Gasteiger partial charge in [-0.1, -0.05) is 54.1 Å². The molecule has 2 aliphatic heterocycles. The van der Waals surface area contributed by atoms with E-state index in [4.69, 9.17) is 16.4 Å². The summed E-state index contributed by atoms with van der Waals surface area (Å²) in [6, 6.07) is 20.5. The SMILES string of the molecule is Cc1c(Cl)cccc1N1C(=O)[C@H]2[C@H](ON(c3ccccc3)[C@H]2c2ccccc2O)C1=O. The van der Waals surface area contributed by atoms with Crippen molar-refractivity contribution in [1.29, 1.82) is 0 Å². The summed E-state index contributed by atoms with van der Waals surface area (Å²) in [4.78, 5) is 34.2. The first-order valence-corrected chi connectivity index (χ1v) is 10.3. The van der Waals surface area contributed by atoms with E-state index >= 15 is 0 Å². The second-order valence-electron chi connectivity index (χ2n) is 7.61. The van der Waals surface area contributed by atoms with Crippen LogP contribution >= 0.6 is 11.6 Å². The highest BCUT2D eigenvalue weighted by Gasteiger charge is 2.60. The Balaban J connectivity index is 1.63. The first kappa shape index (κ1) is 19.6. The predicted octanol–water partition coefficient (Wildman–Crippen LogP) is 4.41. The van der Waals surface area contributed by atoms with Crippen molar-refractivity contribution in [3.8, 4) is 5.75 Å². The Hall–Kier alpha value is -3.35. The number of carbonyl (C=O) groups is 2. The number of hydrogen-bond acceptors (Lipinski definition) is 5. The van der Waals surface area contributed by atoms with Crippen LogP contribution in [-0.2, 0) is 14.4 Å². The molecule has 2 amide bonds. The number of hydrogen-bond donors (Lipinski definition) is 1. The molecule has 0 saturated carbocycles. The molecule has 0 radical (unpaired) electrons. The molecule has 3 atom stereocenters. The molecule has 2 aliphatic rings. The summed E-state index contributed by atoms with van der Waals surface area (Å²) in [7, 11) is 0. The number of phenols is 1. The molecule has 7 heteroatoms. The average molecular weight is 435 g/mol. The van der Waals surface area contributed by atoms with E-state index in [2.05, 4.69) is 0 Å². The van der Waals surface area contributed by atoms with E-state index in [1.807, 2.05) is 30.3 Å². The van der Waals surface area contributed by atoms with Crippen LogP contribution in [-0.4, -0.2) is 23.0 Å². The van der Waals surface area contributed by atoms with Crippen molar-refractivity contribution in [2.24, 2.45) is 5.92 Å². The van der Waals surface area contributed by atoms with Gasteiger partial charge in [-0.2, -0.15) is 0 Å². The molecule has 2 heterocycles. The Bertz CT molecular complexity index is 1180. The number of para-hydroxylation sites is 2. The van der Waals surface area contributed by atoms with Crippen LogP contribution in [0.5, 0.6) is 5.75 Å². The van der Waals surface area contributed by atoms with Crippen LogP contribution in [0.4, 0.5) is 11.4 Å². The van der Waals surface area contributed by atoms with Gasteiger partial charge in [0.15, 0.2) is 6.10 Å². The molecule has 2 fully saturated rings. The molecule has 2 saturated heterocycles. The Kier molecular flexibility index (Phi) is 4.68. The molecule has 5 rings (SSSR count). The Morgan fingerprint density at radius 3 is 2.35 bits per heavy atom. The maximum absolute atomic E-state index is 13.6. The van der Waals surface area contributed by atoms with E-state index in [9.17, 15) is 14.7 Å². The molecule has 0 unspecified atom stereocenters. The standard InChI is InChI=1S/C24H19ClN2O4/c1-14-17(25)11-7-12-18(14)26-23(29)20-21(16-10-5-6-13-19(16)28)27(31-22(20)24(26)30)15-8-3-2-4-9-15/h2-13,20-22,28H,1H3/t20-,21+,22+/m1/s1. The lowest BCUT2D eigenvalue weighted by Crippen LogP contribution is -2.37. The summed E-state index contributed by atoms with van der Waals surface area (Å²) < 4.78 is 0. The Morgan fingerprint density at radius 2 is 1.61 bits per heavy atom. The summed E-state index contributed by atoms with van der Waals surface area (Å²) >= 11 is 6.24. The van der Waals surface area contributed by atoms with E-state index in [0.717, 1.165) is 4.90 Å².